The maximum Gasteiger partial charge on any atom is 0.416 e. The maximum absolute atomic E-state index is 13.0. The Balaban J connectivity index is 1.69. The molecule has 166 valence electrons. The van der Waals surface area contributed by atoms with Crippen molar-refractivity contribution in [2.24, 2.45) is 0 Å². The molecule has 1 amide bonds. The van der Waals surface area contributed by atoms with Crippen molar-refractivity contribution >= 4 is 5.91 Å². The summed E-state index contributed by atoms with van der Waals surface area (Å²) in [6.07, 6.45) is -0.557. The number of pyridine rings is 1. The topological polar surface area (TPSA) is 63.2 Å². The van der Waals surface area contributed by atoms with Crippen molar-refractivity contribution in [3.05, 3.63) is 47.8 Å². The number of nitrogens with zero attached hydrogens (tertiary/aromatic N) is 1. The highest BCUT2D eigenvalue weighted by Crippen LogP contribution is 2.40. The molecule has 2 saturated heterocycles. The van der Waals surface area contributed by atoms with E-state index < -0.39 is 22.9 Å². The average molecular weight is 433 g/mol. The Bertz CT molecular complexity index is 983. The minimum Gasteiger partial charge on any atom is -0.486 e. The van der Waals surface area contributed by atoms with E-state index >= 15 is 0 Å². The zero-order valence-electron chi connectivity index (χ0n) is 17.8. The molecule has 2 atom stereocenters. The molecule has 2 aliphatic heterocycles. The van der Waals surface area contributed by atoms with E-state index in [0.29, 0.717) is 23.4 Å². The summed E-state index contributed by atoms with van der Waals surface area (Å²) in [5.74, 6) is 0.521. The van der Waals surface area contributed by atoms with Gasteiger partial charge in [0.2, 0.25) is 5.91 Å². The first-order chi connectivity index (χ1) is 14.5. The van der Waals surface area contributed by atoms with E-state index in [1.807, 2.05) is 26.8 Å². The van der Waals surface area contributed by atoms with E-state index in [1.165, 1.54) is 12.1 Å². The highest BCUT2D eigenvalue weighted by molar-refractivity contribution is 5.88. The molecule has 4 rings (SSSR count). The first-order valence-corrected chi connectivity index (χ1v) is 10.4. The highest BCUT2D eigenvalue weighted by Gasteiger charge is 2.48. The molecule has 31 heavy (non-hydrogen) atoms. The number of aromatic nitrogens is 1. The number of carbonyl (C=O) groups is 1. The molecule has 8 heteroatoms. The van der Waals surface area contributed by atoms with E-state index in [1.54, 1.807) is 6.20 Å². The van der Waals surface area contributed by atoms with Gasteiger partial charge >= 0.3 is 6.18 Å². The quantitative estimate of drug-likeness (QED) is 0.741. The fourth-order valence-corrected chi connectivity index (χ4v) is 4.26. The van der Waals surface area contributed by atoms with Crippen LogP contribution in [0.3, 0.4) is 0 Å². The van der Waals surface area contributed by atoms with Gasteiger partial charge in [0, 0.05) is 12.1 Å². The van der Waals surface area contributed by atoms with Crippen LogP contribution in [0.2, 0.25) is 0 Å². The van der Waals surface area contributed by atoms with Crippen LogP contribution in [0, 0.1) is 0 Å². The van der Waals surface area contributed by atoms with Gasteiger partial charge in [0.25, 0.3) is 0 Å². The number of rotatable bonds is 3. The van der Waals surface area contributed by atoms with Gasteiger partial charge in [0.1, 0.15) is 16.9 Å². The van der Waals surface area contributed by atoms with E-state index in [0.717, 1.165) is 37.1 Å². The lowest BCUT2D eigenvalue weighted by atomic mass is 9.96. The van der Waals surface area contributed by atoms with Crippen LogP contribution in [0.4, 0.5) is 13.2 Å². The Kier molecular flexibility index (Phi) is 5.24. The maximum atomic E-state index is 13.0. The van der Waals surface area contributed by atoms with Crippen LogP contribution in [-0.2, 0) is 11.0 Å². The lowest BCUT2D eigenvalue weighted by molar-refractivity contribution is -0.137. The van der Waals surface area contributed by atoms with Gasteiger partial charge in [-0.15, -0.1) is 0 Å². The van der Waals surface area contributed by atoms with Crippen molar-refractivity contribution in [2.45, 2.75) is 63.4 Å². The third-order valence-electron chi connectivity index (χ3n) is 5.77. The van der Waals surface area contributed by atoms with Gasteiger partial charge in [-0.05, 0) is 63.8 Å². The minimum atomic E-state index is -4.39. The number of benzene rings is 1. The van der Waals surface area contributed by atoms with E-state index in [9.17, 15) is 18.0 Å². The number of hydrogen-bond acceptors (Lipinski definition) is 4. The first kappa shape index (κ1) is 21.6. The highest BCUT2D eigenvalue weighted by atomic mass is 19.4. The van der Waals surface area contributed by atoms with Crippen molar-refractivity contribution in [1.82, 2.24) is 15.6 Å². The third kappa shape index (κ3) is 4.39. The third-order valence-corrected chi connectivity index (χ3v) is 5.77. The molecule has 0 bridgehead atoms. The summed E-state index contributed by atoms with van der Waals surface area (Å²) in [6, 6.07) is 6.79. The SMILES string of the molecule is CC(C)(C)Oc1cnc([C@@H]2CC[C@]3(CCNC3=O)N2)cc1-c1ccc(C(F)(F)F)cc1. The van der Waals surface area contributed by atoms with E-state index in [2.05, 4.69) is 15.6 Å². The Morgan fingerprint density at radius 1 is 1.13 bits per heavy atom. The normalized spacial score (nSPS) is 23.9. The molecule has 3 heterocycles. The van der Waals surface area contributed by atoms with Crippen LogP contribution in [0.5, 0.6) is 5.75 Å². The monoisotopic (exact) mass is 433 g/mol. The molecule has 0 unspecified atom stereocenters. The van der Waals surface area contributed by atoms with Gasteiger partial charge in [0.05, 0.1) is 23.5 Å². The number of carbonyl (C=O) groups excluding carboxylic acids is 1. The molecule has 2 aromatic rings. The number of amides is 1. The zero-order valence-corrected chi connectivity index (χ0v) is 17.8. The van der Waals surface area contributed by atoms with Gasteiger partial charge in [-0.3, -0.25) is 15.1 Å². The standard InChI is InChI=1S/C23H26F3N3O2/c1-21(2,3)31-19-13-28-18(17-8-9-22(29-17)10-11-27-20(22)30)12-16(19)14-4-6-15(7-5-14)23(24,25)26/h4-7,12-13,17,29H,8-11H2,1-3H3,(H,27,30)/t17-,22+/m0/s1. The van der Waals surface area contributed by atoms with Crippen LogP contribution >= 0.6 is 0 Å². The first-order valence-electron chi connectivity index (χ1n) is 10.4. The van der Waals surface area contributed by atoms with Crippen LogP contribution in [0.1, 0.15) is 57.3 Å². The largest absolute Gasteiger partial charge is 0.486 e. The molecular weight excluding hydrogens is 407 g/mol. The summed E-state index contributed by atoms with van der Waals surface area (Å²) in [5.41, 5.74) is 0.279. The van der Waals surface area contributed by atoms with Gasteiger partial charge < -0.3 is 10.1 Å². The molecular formula is C23H26F3N3O2. The Hall–Kier alpha value is -2.61. The summed E-state index contributed by atoms with van der Waals surface area (Å²) < 4.78 is 45.0. The molecule has 1 aromatic heterocycles. The van der Waals surface area contributed by atoms with Crippen LogP contribution in [0.25, 0.3) is 11.1 Å². The van der Waals surface area contributed by atoms with E-state index in [-0.39, 0.29) is 11.9 Å². The number of nitrogens with one attached hydrogen (secondary N) is 2. The van der Waals surface area contributed by atoms with Gasteiger partial charge in [0.15, 0.2) is 0 Å². The Morgan fingerprint density at radius 2 is 1.84 bits per heavy atom. The predicted molar refractivity (Wildman–Crippen MR) is 111 cm³/mol. The predicted octanol–water partition coefficient (Wildman–Crippen LogP) is 4.63. The number of hydrogen-bond donors (Lipinski definition) is 2. The summed E-state index contributed by atoms with van der Waals surface area (Å²) in [7, 11) is 0. The van der Waals surface area contributed by atoms with Gasteiger partial charge in [-0.2, -0.15) is 13.2 Å². The second-order valence-corrected chi connectivity index (χ2v) is 9.22. The number of alkyl halides is 3. The van der Waals surface area contributed by atoms with Crippen molar-refractivity contribution in [2.75, 3.05) is 6.54 Å². The van der Waals surface area contributed by atoms with Crippen molar-refractivity contribution < 1.29 is 22.7 Å². The fraction of sp³-hybridized carbons (Fsp3) is 0.478. The molecule has 2 aliphatic rings. The zero-order chi connectivity index (χ0) is 22.4. The second-order valence-electron chi connectivity index (χ2n) is 9.22. The molecule has 0 aliphatic carbocycles. The fourth-order valence-electron chi connectivity index (χ4n) is 4.26. The van der Waals surface area contributed by atoms with Crippen molar-refractivity contribution in [1.29, 1.82) is 0 Å². The van der Waals surface area contributed by atoms with Crippen LogP contribution < -0.4 is 15.4 Å². The molecule has 5 nitrogen and oxygen atoms in total. The number of ether oxygens (including phenoxy) is 1. The lowest BCUT2D eigenvalue weighted by Gasteiger charge is -2.25. The van der Waals surface area contributed by atoms with Crippen molar-refractivity contribution in [3.8, 4) is 16.9 Å². The minimum absolute atomic E-state index is 0.0191. The van der Waals surface area contributed by atoms with Gasteiger partial charge in [-0.1, -0.05) is 12.1 Å². The lowest BCUT2D eigenvalue weighted by Crippen LogP contribution is -2.47. The molecule has 1 spiro atoms. The molecule has 1 aromatic carbocycles. The molecule has 0 saturated carbocycles. The van der Waals surface area contributed by atoms with E-state index in [4.69, 9.17) is 4.74 Å². The van der Waals surface area contributed by atoms with Crippen LogP contribution in [0.15, 0.2) is 36.5 Å². The Morgan fingerprint density at radius 3 is 2.42 bits per heavy atom. The summed E-state index contributed by atoms with van der Waals surface area (Å²) in [5, 5.41) is 6.32. The van der Waals surface area contributed by atoms with Crippen molar-refractivity contribution in [3.63, 3.8) is 0 Å². The summed E-state index contributed by atoms with van der Waals surface area (Å²) >= 11 is 0. The smallest absolute Gasteiger partial charge is 0.416 e. The second kappa shape index (κ2) is 7.51. The summed E-state index contributed by atoms with van der Waals surface area (Å²) in [4.78, 5) is 16.8. The molecule has 2 fully saturated rings. The average Bonchev–Trinajstić information content (AvgIpc) is 3.27. The van der Waals surface area contributed by atoms with Gasteiger partial charge in [-0.25, -0.2) is 0 Å². The Labute approximate surface area is 179 Å². The molecule has 0 radical (unpaired) electrons. The molecule has 2 N–H and O–H groups in total. The summed E-state index contributed by atoms with van der Waals surface area (Å²) in [6.45, 7) is 6.36. The number of halogens is 3. The van der Waals surface area contributed by atoms with Crippen LogP contribution in [-0.4, -0.2) is 28.6 Å².